The van der Waals surface area contributed by atoms with Gasteiger partial charge in [0.1, 0.15) is 0 Å². The topological polar surface area (TPSA) is 94.1 Å². The SMILES string of the molecule is O=C(Nc1cccc(-c2nnc(-c3ccco3)o2)c1)c1ccncc1. The van der Waals surface area contributed by atoms with Crippen LogP contribution in [0.3, 0.4) is 0 Å². The van der Waals surface area contributed by atoms with Gasteiger partial charge in [-0.3, -0.25) is 9.78 Å². The average molecular weight is 332 g/mol. The van der Waals surface area contributed by atoms with Gasteiger partial charge in [0.15, 0.2) is 5.76 Å². The van der Waals surface area contributed by atoms with Crippen molar-refractivity contribution in [2.75, 3.05) is 5.32 Å². The van der Waals surface area contributed by atoms with E-state index < -0.39 is 0 Å². The molecule has 7 nitrogen and oxygen atoms in total. The van der Waals surface area contributed by atoms with Crippen molar-refractivity contribution in [1.82, 2.24) is 15.2 Å². The number of rotatable bonds is 4. The minimum absolute atomic E-state index is 0.221. The molecule has 0 spiro atoms. The Bertz CT molecular complexity index is 994. The van der Waals surface area contributed by atoms with E-state index in [0.29, 0.717) is 34.4 Å². The molecule has 0 unspecified atom stereocenters. The largest absolute Gasteiger partial charge is 0.459 e. The fourth-order valence-electron chi connectivity index (χ4n) is 2.28. The Morgan fingerprint density at radius 3 is 2.60 bits per heavy atom. The Morgan fingerprint density at radius 1 is 0.960 bits per heavy atom. The maximum atomic E-state index is 12.2. The molecule has 0 aliphatic carbocycles. The third kappa shape index (κ3) is 3.16. The van der Waals surface area contributed by atoms with Gasteiger partial charge in [0.25, 0.3) is 11.8 Å². The number of anilines is 1. The summed E-state index contributed by atoms with van der Waals surface area (Å²) in [5, 5.41) is 10.8. The first-order chi connectivity index (χ1) is 12.3. The van der Waals surface area contributed by atoms with E-state index in [1.807, 2.05) is 6.07 Å². The number of carbonyl (C=O) groups is 1. The van der Waals surface area contributed by atoms with Gasteiger partial charge < -0.3 is 14.2 Å². The molecule has 4 rings (SSSR count). The van der Waals surface area contributed by atoms with Gasteiger partial charge in [-0.15, -0.1) is 10.2 Å². The first kappa shape index (κ1) is 14.8. The minimum Gasteiger partial charge on any atom is -0.459 e. The smallest absolute Gasteiger partial charge is 0.283 e. The van der Waals surface area contributed by atoms with Gasteiger partial charge in [0, 0.05) is 29.2 Å². The van der Waals surface area contributed by atoms with Crippen LogP contribution in [0.2, 0.25) is 0 Å². The zero-order chi connectivity index (χ0) is 17.1. The molecule has 3 heterocycles. The first-order valence-corrected chi connectivity index (χ1v) is 7.49. The number of carbonyl (C=O) groups excluding carboxylic acids is 1. The lowest BCUT2D eigenvalue weighted by Gasteiger charge is -2.05. The fourth-order valence-corrected chi connectivity index (χ4v) is 2.28. The van der Waals surface area contributed by atoms with E-state index in [4.69, 9.17) is 8.83 Å². The maximum Gasteiger partial charge on any atom is 0.283 e. The van der Waals surface area contributed by atoms with Crippen LogP contribution in [0.1, 0.15) is 10.4 Å². The molecular formula is C18H12N4O3. The fraction of sp³-hybridized carbons (Fsp3) is 0. The van der Waals surface area contributed by atoms with Crippen LogP contribution in [0.5, 0.6) is 0 Å². The van der Waals surface area contributed by atoms with Crippen molar-refractivity contribution in [3.8, 4) is 23.1 Å². The van der Waals surface area contributed by atoms with Gasteiger partial charge in [0.2, 0.25) is 5.89 Å². The number of furan rings is 1. The molecule has 0 radical (unpaired) electrons. The van der Waals surface area contributed by atoms with Crippen molar-refractivity contribution in [3.63, 3.8) is 0 Å². The lowest BCUT2D eigenvalue weighted by molar-refractivity contribution is 0.102. The number of hydrogen-bond donors (Lipinski definition) is 1. The number of aromatic nitrogens is 3. The second-order valence-electron chi connectivity index (χ2n) is 5.16. The monoisotopic (exact) mass is 332 g/mol. The highest BCUT2D eigenvalue weighted by Crippen LogP contribution is 2.26. The Hall–Kier alpha value is -3.74. The highest BCUT2D eigenvalue weighted by atomic mass is 16.4. The van der Waals surface area contributed by atoms with Crippen LogP contribution in [-0.4, -0.2) is 21.1 Å². The van der Waals surface area contributed by atoms with Gasteiger partial charge in [0.05, 0.1) is 6.26 Å². The molecule has 1 aromatic carbocycles. The molecule has 0 saturated carbocycles. The summed E-state index contributed by atoms with van der Waals surface area (Å²) in [6.45, 7) is 0. The van der Waals surface area contributed by atoms with Crippen LogP contribution >= 0.6 is 0 Å². The predicted octanol–water partition coefficient (Wildman–Crippen LogP) is 3.64. The van der Waals surface area contributed by atoms with Crippen molar-refractivity contribution in [2.45, 2.75) is 0 Å². The summed E-state index contributed by atoms with van der Waals surface area (Å²) in [5.41, 5.74) is 1.84. The molecule has 25 heavy (non-hydrogen) atoms. The summed E-state index contributed by atoms with van der Waals surface area (Å²) in [4.78, 5) is 16.1. The normalized spacial score (nSPS) is 10.6. The Morgan fingerprint density at radius 2 is 1.80 bits per heavy atom. The molecule has 0 saturated heterocycles. The number of hydrogen-bond acceptors (Lipinski definition) is 6. The molecule has 0 aliphatic heterocycles. The van der Waals surface area contributed by atoms with Gasteiger partial charge in [-0.1, -0.05) is 6.07 Å². The van der Waals surface area contributed by atoms with E-state index in [9.17, 15) is 4.79 Å². The number of pyridine rings is 1. The third-order valence-electron chi connectivity index (χ3n) is 3.47. The van der Waals surface area contributed by atoms with E-state index in [2.05, 4.69) is 20.5 Å². The molecular weight excluding hydrogens is 320 g/mol. The van der Waals surface area contributed by atoms with Crippen molar-refractivity contribution in [2.24, 2.45) is 0 Å². The summed E-state index contributed by atoms with van der Waals surface area (Å²) in [7, 11) is 0. The lowest BCUT2D eigenvalue weighted by Crippen LogP contribution is -2.11. The molecule has 1 amide bonds. The molecule has 122 valence electrons. The average Bonchev–Trinajstić information content (AvgIpc) is 3.34. The number of nitrogens with zero attached hydrogens (tertiary/aromatic N) is 3. The van der Waals surface area contributed by atoms with Gasteiger partial charge in [-0.2, -0.15) is 0 Å². The van der Waals surface area contributed by atoms with E-state index in [0.717, 1.165) is 0 Å². The first-order valence-electron chi connectivity index (χ1n) is 7.49. The number of benzene rings is 1. The quantitative estimate of drug-likeness (QED) is 0.613. The Balaban J connectivity index is 1.57. The van der Waals surface area contributed by atoms with E-state index in [-0.39, 0.29) is 5.91 Å². The zero-order valence-corrected chi connectivity index (χ0v) is 12.9. The molecule has 3 aromatic heterocycles. The minimum atomic E-state index is -0.221. The second-order valence-corrected chi connectivity index (χ2v) is 5.16. The summed E-state index contributed by atoms with van der Waals surface area (Å²) in [6, 6.07) is 13.9. The number of nitrogens with one attached hydrogen (secondary N) is 1. The second kappa shape index (κ2) is 6.40. The van der Waals surface area contributed by atoms with E-state index in [1.165, 1.54) is 6.26 Å². The highest BCUT2D eigenvalue weighted by Gasteiger charge is 2.13. The zero-order valence-electron chi connectivity index (χ0n) is 12.9. The van der Waals surface area contributed by atoms with Crippen LogP contribution < -0.4 is 5.32 Å². The molecule has 0 atom stereocenters. The molecule has 0 aliphatic rings. The van der Waals surface area contributed by atoms with Crippen LogP contribution in [0.25, 0.3) is 23.1 Å². The Kier molecular flexibility index (Phi) is 3.80. The summed E-state index contributed by atoms with van der Waals surface area (Å²) >= 11 is 0. The van der Waals surface area contributed by atoms with Gasteiger partial charge in [-0.25, -0.2) is 0 Å². The van der Waals surface area contributed by atoms with E-state index in [1.54, 1.807) is 54.9 Å². The molecule has 7 heteroatoms. The standard InChI is InChI=1S/C18H12N4O3/c23-16(12-6-8-19-9-7-12)20-14-4-1-3-13(11-14)17-21-22-18(25-17)15-5-2-10-24-15/h1-11H,(H,20,23). The van der Waals surface area contributed by atoms with Gasteiger partial charge >= 0.3 is 0 Å². The predicted molar refractivity (Wildman–Crippen MR) is 89.6 cm³/mol. The molecule has 1 N–H and O–H groups in total. The maximum absolute atomic E-state index is 12.2. The Labute approximate surface area is 142 Å². The van der Waals surface area contributed by atoms with Crippen LogP contribution in [0.15, 0.2) is 76.0 Å². The van der Waals surface area contributed by atoms with Crippen molar-refractivity contribution >= 4 is 11.6 Å². The van der Waals surface area contributed by atoms with E-state index >= 15 is 0 Å². The van der Waals surface area contributed by atoms with Crippen molar-refractivity contribution < 1.29 is 13.6 Å². The third-order valence-corrected chi connectivity index (χ3v) is 3.47. The van der Waals surface area contributed by atoms with Gasteiger partial charge in [-0.05, 0) is 42.5 Å². The summed E-state index contributed by atoms with van der Waals surface area (Å²) in [5.74, 6) is 0.917. The van der Waals surface area contributed by atoms with Crippen molar-refractivity contribution in [1.29, 1.82) is 0 Å². The molecule has 4 aromatic rings. The van der Waals surface area contributed by atoms with Crippen LogP contribution in [0, 0.1) is 0 Å². The van der Waals surface area contributed by atoms with Crippen molar-refractivity contribution in [3.05, 3.63) is 72.8 Å². The van der Waals surface area contributed by atoms with Crippen LogP contribution in [-0.2, 0) is 0 Å². The molecule has 0 bridgehead atoms. The highest BCUT2D eigenvalue weighted by molar-refractivity contribution is 6.04. The lowest BCUT2D eigenvalue weighted by atomic mass is 10.2. The summed E-state index contributed by atoms with van der Waals surface area (Å²) in [6.07, 6.45) is 4.67. The summed E-state index contributed by atoms with van der Waals surface area (Å²) < 4.78 is 10.9. The van der Waals surface area contributed by atoms with Crippen LogP contribution in [0.4, 0.5) is 5.69 Å². The number of amides is 1. The molecule has 0 fully saturated rings.